The zero-order chi connectivity index (χ0) is 24.0. The number of nitrogens with zero attached hydrogens (tertiary/aromatic N) is 5. The minimum atomic E-state index is -0.0203. The van der Waals surface area contributed by atoms with Gasteiger partial charge in [-0.15, -0.1) is 0 Å². The van der Waals surface area contributed by atoms with Crippen molar-refractivity contribution in [3.05, 3.63) is 52.3 Å². The SMILES string of the molecule is Cc1cccc(C)c1NC(=O)CN1CCN(C(=O)c2cc(C3CC3)nc3c2c(C)nn3C)CC1. The molecule has 2 amide bonds. The van der Waals surface area contributed by atoms with E-state index in [1.54, 1.807) is 4.68 Å². The predicted molar refractivity (Wildman–Crippen MR) is 132 cm³/mol. The Morgan fingerprint density at radius 2 is 1.74 bits per heavy atom. The van der Waals surface area contributed by atoms with Gasteiger partial charge in [0.05, 0.1) is 23.2 Å². The van der Waals surface area contributed by atoms with Gasteiger partial charge in [0.1, 0.15) is 0 Å². The summed E-state index contributed by atoms with van der Waals surface area (Å²) in [7, 11) is 1.88. The largest absolute Gasteiger partial charge is 0.336 e. The van der Waals surface area contributed by atoms with Crippen LogP contribution in [0, 0.1) is 20.8 Å². The van der Waals surface area contributed by atoms with Crippen molar-refractivity contribution in [1.29, 1.82) is 0 Å². The minimum absolute atomic E-state index is 0.0203. The monoisotopic (exact) mass is 460 g/mol. The number of hydrogen-bond donors (Lipinski definition) is 1. The maximum Gasteiger partial charge on any atom is 0.254 e. The first-order valence-corrected chi connectivity index (χ1v) is 12.0. The van der Waals surface area contributed by atoms with E-state index in [9.17, 15) is 9.59 Å². The van der Waals surface area contributed by atoms with E-state index in [4.69, 9.17) is 4.98 Å². The van der Waals surface area contributed by atoms with Gasteiger partial charge in [-0.25, -0.2) is 4.98 Å². The average molecular weight is 461 g/mol. The van der Waals surface area contributed by atoms with Crippen LogP contribution in [0.4, 0.5) is 5.69 Å². The molecule has 2 aliphatic rings. The Hall–Kier alpha value is -3.26. The van der Waals surface area contributed by atoms with Crippen molar-refractivity contribution in [1.82, 2.24) is 24.6 Å². The fourth-order valence-electron chi connectivity index (χ4n) is 4.89. The number of aryl methyl sites for hydroxylation is 4. The highest BCUT2D eigenvalue weighted by Gasteiger charge is 2.31. The number of aromatic nitrogens is 3. The Kier molecular flexibility index (Phi) is 5.85. The third kappa shape index (κ3) is 4.30. The first-order chi connectivity index (χ1) is 16.3. The maximum absolute atomic E-state index is 13.6. The Bertz CT molecular complexity index is 1250. The highest BCUT2D eigenvalue weighted by molar-refractivity contribution is 6.06. The van der Waals surface area contributed by atoms with Crippen LogP contribution >= 0.6 is 0 Å². The molecule has 0 spiro atoms. The van der Waals surface area contributed by atoms with Gasteiger partial charge in [0, 0.05) is 50.5 Å². The molecule has 0 atom stereocenters. The van der Waals surface area contributed by atoms with E-state index in [2.05, 4.69) is 15.3 Å². The standard InChI is InChI=1S/C26H32N6O2/c1-16-6-5-7-17(2)24(16)28-22(33)15-31-10-12-32(13-11-31)26(34)20-14-21(19-8-9-19)27-25-23(20)18(3)29-30(25)4/h5-7,14,19H,8-13,15H2,1-4H3,(H,28,33). The molecule has 2 aromatic heterocycles. The highest BCUT2D eigenvalue weighted by Crippen LogP contribution is 2.40. The lowest BCUT2D eigenvalue weighted by Gasteiger charge is -2.34. The third-order valence-electron chi connectivity index (χ3n) is 6.99. The molecule has 2 fully saturated rings. The van der Waals surface area contributed by atoms with Crippen molar-refractivity contribution in [2.75, 3.05) is 38.0 Å². The topological polar surface area (TPSA) is 83.4 Å². The molecule has 5 rings (SSSR count). The van der Waals surface area contributed by atoms with Crippen molar-refractivity contribution in [3.63, 3.8) is 0 Å². The van der Waals surface area contributed by atoms with Gasteiger partial charge < -0.3 is 10.2 Å². The van der Waals surface area contributed by atoms with Crippen molar-refractivity contribution >= 4 is 28.5 Å². The summed E-state index contributed by atoms with van der Waals surface area (Å²) in [6.45, 7) is 8.79. The Labute approximate surface area is 199 Å². The normalized spacial score (nSPS) is 16.8. The van der Waals surface area contributed by atoms with E-state index in [-0.39, 0.29) is 11.8 Å². The number of fused-ring (bicyclic) bond motifs is 1. The van der Waals surface area contributed by atoms with Gasteiger partial charge in [0.2, 0.25) is 5.91 Å². The number of carbonyl (C=O) groups is 2. The average Bonchev–Trinajstić information content (AvgIpc) is 3.62. The zero-order valence-electron chi connectivity index (χ0n) is 20.4. The highest BCUT2D eigenvalue weighted by atomic mass is 16.2. The third-order valence-corrected chi connectivity index (χ3v) is 6.99. The number of rotatable bonds is 5. The van der Waals surface area contributed by atoms with Gasteiger partial charge in [-0.05, 0) is 50.8 Å². The molecule has 1 saturated carbocycles. The smallest absolute Gasteiger partial charge is 0.254 e. The first-order valence-electron chi connectivity index (χ1n) is 12.0. The fraction of sp³-hybridized carbons (Fsp3) is 0.462. The number of nitrogens with one attached hydrogen (secondary N) is 1. The molecular formula is C26H32N6O2. The van der Waals surface area contributed by atoms with E-state index in [0.29, 0.717) is 44.2 Å². The Balaban J connectivity index is 1.26. The van der Waals surface area contributed by atoms with Gasteiger partial charge in [0.15, 0.2) is 5.65 Å². The summed E-state index contributed by atoms with van der Waals surface area (Å²) >= 11 is 0. The second-order valence-electron chi connectivity index (χ2n) is 9.66. The number of para-hydroxylation sites is 1. The van der Waals surface area contributed by atoms with Gasteiger partial charge in [-0.1, -0.05) is 18.2 Å². The molecule has 3 aromatic rings. The van der Waals surface area contributed by atoms with E-state index >= 15 is 0 Å². The molecule has 3 heterocycles. The fourth-order valence-corrected chi connectivity index (χ4v) is 4.89. The van der Waals surface area contributed by atoms with Crippen LogP contribution in [-0.4, -0.2) is 69.1 Å². The summed E-state index contributed by atoms with van der Waals surface area (Å²) in [5.41, 5.74) is 6.33. The number of benzene rings is 1. The van der Waals surface area contributed by atoms with Crippen LogP contribution < -0.4 is 5.32 Å². The second kappa shape index (κ2) is 8.83. The van der Waals surface area contributed by atoms with Crippen LogP contribution in [0.15, 0.2) is 24.3 Å². The maximum atomic E-state index is 13.6. The Morgan fingerprint density at radius 1 is 1.06 bits per heavy atom. The number of anilines is 1. The molecule has 1 N–H and O–H groups in total. The second-order valence-corrected chi connectivity index (χ2v) is 9.66. The lowest BCUT2D eigenvalue weighted by Crippen LogP contribution is -2.50. The molecule has 0 bridgehead atoms. The van der Waals surface area contributed by atoms with E-state index in [1.807, 2.05) is 57.0 Å². The number of piperazine rings is 1. The molecule has 34 heavy (non-hydrogen) atoms. The zero-order valence-corrected chi connectivity index (χ0v) is 20.4. The summed E-state index contributed by atoms with van der Waals surface area (Å²) in [6.07, 6.45) is 2.26. The molecule has 8 heteroatoms. The van der Waals surface area contributed by atoms with Crippen molar-refractivity contribution < 1.29 is 9.59 Å². The first kappa shape index (κ1) is 22.5. The molecule has 1 saturated heterocycles. The van der Waals surface area contributed by atoms with Crippen LogP contribution in [0.25, 0.3) is 11.0 Å². The van der Waals surface area contributed by atoms with Crippen LogP contribution in [0.5, 0.6) is 0 Å². The number of hydrogen-bond acceptors (Lipinski definition) is 5. The summed E-state index contributed by atoms with van der Waals surface area (Å²) in [5.74, 6) is 0.469. The molecular weight excluding hydrogens is 428 g/mol. The summed E-state index contributed by atoms with van der Waals surface area (Å²) in [4.78, 5) is 35.1. The van der Waals surface area contributed by atoms with Crippen molar-refractivity contribution in [2.24, 2.45) is 7.05 Å². The number of carbonyl (C=O) groups excluding carboxylic acids is 2. The van der Waals surface area contributed by atoms with Gasteiger partial charge in [0.25, 0.3) is 5.91 Å². The van der Waals surface area contributed by atoms with Crippen molar-refractivity contribution in [3.8, 4) is 0 Å². The molecule has 1 aliphatic heterocycles. The van der Waals surface area contributed by atoms with Gasteiger partial charge in [-0.2, -0.15) is 5.10 Å². The summed E-state index contributed by atoms with van der Waals surface area (Å²) in [6, 6.07) is 7.98. The van der Waals surface area contributed by atoms with E-state index < -0.39 is 0 Å². The lowest BCUT2D eigenvalue weighted by atomic mass is 10.1. The Morgan fingerprint density at radius 3 is 2.38 bits per heavy atom. The summed E-state index contributed by atoms with van der Waals surface area (Å²) < 4.78 is 1.78. The van der Waals surface area contributed by atoms with E-state index in [1.165, 1.54) is 0 Å². The molecule has 1 aromatic carbocycles. The van der Waals surface area contributed by atoms with Crippen LogP contribution in [0.1, 0.15) is 51.6 Å². The van der Waals surface area contributed by atoms with E-state index in [0.717, 1.165) is 52.1 Å². The van der Waals surface area contributed by atoms with Gasteiger partial charge >= 0.3 is 0 Å². The van der Waals surface area contributed by atoms with Gasteiger partial charge in [-0.3, -0.25) is 19.2 Å². The van der Waals surface area contributed by atoms with Crippen molar-refractivity contribution in [2.45, 2.75) is 39.5 Å². The molecule has 8 nitrogen and oxygen atoms in total. The molecule has 0 unspecified atom stereocenters. The van der Waals surface area contributed by atoms with Crippen LogP contribution in [0.3, 0.4) is 0 Å². The van der Waals surface area contributed by atoms with Crippen LogP contribution in [-0.2, 0) is 11.8 Å². The number of amides is 2. The number of pyridine rings is 1. The molecule has 0 radical (unpaired) electrons. The lowest BCUT2D eigenvalue weighted by molar-refractivity contribution is -0.117. The summed E-state index contributed by atoms with van der Waals surface area (Å²) in [5, 5.41) is 8.43. The van der Waals surface area contributed by atoms with Crippen LogP contribution in [0.2, 0.25) is 0 Å². The predicted octanol–water partition coefficient (Wildman–Crippen LogP) is 3.17. The quantitative estimate of drug-likeness (QED) is 0.632. The molecule has 178 valence electrons. The minimum Gasteiger partial charge on any atom is -0.336 e. The molecule has 1 aliphatic carbocycles.